The van der Waals surface area contributed by atoms with Crippen LogP contribution in [-0.2, 0) is 10.2 Å². The maximum atomic E-state index is 13.6. The molecule has 1 aromatic rings. The molecular formula is C26H37N9O7+2. The number of rotatable bonds is 6. The maximum absolute atomic E-state index is 13.6. The number of benzene rings is 1. The number of urea groups is 1. The highest BCUT2D eigenvalue weighted by atomic mass is 16.5. The highest BCUT2D eigenvalue weighted by molar-refractivity contribution is 6.02. The molecule has 1 aromatic carbocycles. The van der Waals surface area contributed by atoms with Crippen molar-refractivity contribution in [3.05, 3.63) is 29.3 Å². The van der Waals surface area contributed by atoms with Crippen LogP contribution in [0.25, 0.3) is 0 Å². The standard InChI is InChI=1S/C26H35N9O7/c1-24(2)6-9-42-18-13(4-3-5-14(18)24)20(38)30-16-11-35-22(28)29-15(10-34-17(37)12-33(7-8-36)23(34)39)19-25(35,26(16,40)41)32-21(27)31-19/h3-5,15-16,19,36,40-41H,6-12H2,1-2H3,(H6,27,28,29,30,31,32,38)/p+2/t15-,16?,19-,25?/m0/s1. The second kappa shape index (κ2) is 9.43. The number of fused-ring (bicyclic) bond motifs is 1. The Labute approximate surface area is 241 Å². The topological polar surface area (TPSA) is 233 Å². The van der Waals surface area contributed by atoms with Gasteiger partial charge in [-0.3, -0.25) is 36.3 Å². The van der Waals surface area contributed by atoms with Crippen LogP contribution in [0.4, 0.5) is 4.79 Å². The van der Waals surface area contributed by atoms with Gasteiger partial charge in [0.2, 0.25) is 5.91 Å². The fraction of sp³-hybridized carbons (Fsp3) is 0.577. The molecule has 42 heavy (non-hydrogen) atoms. The zero-order chi connectivity index (χ0) is 30.2. The molecule has 16 heteroatoms. The smallest absolute Gasteiger partial charge is 0.347 e. The first-order valence-corrected chi connectivity index (χ1v) is 13.9. The molecule has 0 radical (unpaired) electrons. The van der Waals surface area contributed by atoms with Gasteiger partial charge in [-0.1, -0.05) is 26.0 Å². The molecule has 5 aliphatic heterocycles. The first-order valence-electron chi connectivity index (χ1n) is 13.9. The van der Waals surface area contributed by atoms with Gasteiger partial charge in [0.25, 0.3) is 17.4 Å². The summed E-state index contributed by atoms with van der Waals surface area (Å²) in [6.45, 7) is 3.81. The molecule has 2 fully saturated rings. The van der Waals surface area contributed by atoms with Crippen LogP contribution in [0, 0.1) is 0 Å². The van der Waals surface area contributed by atoms with E-state index in [1.54, 1.807) is 12.1 Å². The highest BCUT2D eigenvalue weighted by Crippen LogP contribution is 2.41. The number of imide groups is 1. The van der Waals surface area contributed by atoms with Crippen molar-refractivity contribution in [3.63, 3.8) is 0 Å². The van der Waals surface area contributed by atoms with E-state index in [0.717, 1.165) is 16.9 Å². The second-order valence-electron chi connectivity index (χ2n) is 12.0. The summed E-state index contributed by atoms with van der Waals surface area (Å²) >= 11 is 0. The third-order valence-corrected chi connectivity index (χ3v) is 9.10. The number of amides is 4. The van der Waals surface area contributed by atoms with Crippen molar-refractivity contribution in [2.75, 3.05) is 39.4 Å². The number of aliphatic hydroxyl groups is 3. The van der Waals surface area contributed by atoms with Crippen molar-refractivity contribution in [2.45, 2.75) is 55.3 Å². The van der Waals surface area contributed by atoms with E-state index in [1.165, 1.54) is 9.48 Å². The van der Waals surface area contributed by atoms with Gasteiger partial charge in [0.15, 0.2) is 6.04 Å². The Morgan fingerprint density at radius 3 is 2.79 bits per heavy atom. The van der Waals surface area contributed by atoms with Gasteiger partial charge in [0, 0.05) is 12.1 Å². The molecule has 5 aliphatic rings. The Kier molecular flexibility index (Phi) is 6.29. The average molecular weight is 588 g/mol. The van der Waals surface area contributed by atoms with E-state index in [-0.39, 0.29) is 55.7 Å². The van der Waals surface area contributed by atoms with Crippen molar-refractivity contribution in [2.24, 2.45) is 11.5 Å². The predicted octanol–water partition coefficient (Wildman–Crippen LogP) is -5.84. The van der Waals surface area contributed by atoms with Crippen LogP contribution in [0.5, 0.6) is 5.75 Å². The highest BCUT2D eigenvalue weighted by Gasteiger charge is 2.78. The molecular weight excluding hydrogens is 550 g/mol. The minimum Gasteiger partial charge on any atom is -0.492 e. The number of carbonyl (C=O) groups is 3. The molecule has 0 saturated carbocycles. The molecule has 0 bridgehead atoms. The van der Waals surface area contributed by atoms with Crippen LogP contribution >= 0.6 is 0 Å². The Balaban J connectivity index is 1.30. The maximum Gasteiger partial charge on any atom is 0.347 e. The van der Waals surface area contributed by atoms with Gasteiger partial charge >= 0.3 is 18.0 Å². The van der Waals surface area contributed by atoms with Crippen LogP contribution in [-0.4, -0.2) is 128 Å². The molecule has 2 saturated heterocycles. The quantitative estimate of drug-likeness (QED) is 0.0864. The van der Waals surface area contributed by atoms with Crippen molar-refractivity contribution in [1.82, 2.24) is 25.8 Å². The summed E-state index contributed by atoms with van der Waals surface area (Å²) in [7, 11) is 0. The molecule has 0 aliphatic carbocycles. The molecule has 4 amide bonds. The number of carbonyl (C=O) groups excluding carboxylic acids is 3. The van der Waals surface area contributed by atoms with E-state index >= 15 is 0 Å². The van der Waals surface area contributed by atoms with Gasteiger partial charge in [-0.25, -0.2) is 14.7 Å². The van der Waals surface area contributed by atoms with Crippen molar-refractivity contribution < 1.29 is 44.0 Å². The van der Waals surface area contributed by atoms with Crippen LogP contribution in [0.15, 0.2) is 18.2 Å². The van der Waals surface area contributed by atoms with Crippen LogP contribution in [0.1, 0.15) is 36.2 Å². The number of aliphatic hydroxyl groups excluding tert-OH is 1. The first kappa shape index (κ1) is 28.0. The number of ether oxygens (including phenoxy) is 1. The van der Waals surface area contributed by atoms with Crippen molar-refractivity contribution in [1.29, 1.82) is 0 Å². The molecule has 226 valence electrons. The molecule has 4 atom stereocenters. The van der Waals surface area contributed by atoms with Crippen LogP contribution < -0.4 is 37.1 Å². The van der Waals surface area contributed by atoms with E-state index in [1.807, 2.05) is 6.07 Å². The fourth-order valence-corrected chi connectivity index (χ4v) is 6.84. The molecule has 11 N–H and O–H groups in total. The molecule has 0 aromatic heterocycles. The number of nitrogens with two attached hydrogens (primary N) is 2. The third-order valence-electron chi connectivity index (χ3n) is 9.10. The average Bonchev–Trinajstić information content (AvgIpc) is 3.49. The number of nitrogens with one attached hydrogen (secondary N) is 4. The Hall–Kier alpha value is -4.15. The molecule has 1 spiro atoms. The zero-order valence-electron chi connectivity index (χ0n) is 23.4. The Bertz CT molecular complexity index is 1430. The minimum absolute atomic E-state index is 0.0000351. The van der Waals surface area contributed by atoms with Crippen LogP contribution in [0.3, 0.4) is 0 Å². The minimum atomic E-state index is -2.65. The third kappa shape index (κ3) is 3.89. The van der Waals surface area contributed by atoms with Gasteiger partial charge in [-0.15, -0.1) is 0 Å². The molecule has 6 rings (SSSR count). The summed E-state index contributed by atoms with van der Waals surface area (Å²) in [6.07, 6.45) is 0.789. The number of para-hydroxylation sites is 1. The SMILES string of the molecule is CC1(C)CCOc2c(C(=O)NC3C[N+]4=C(N)N[C@@H](CN5C(=O)CN(CCO)C5=O)[C@@H]5[NH+]=C(N)NC54C3(O)O)cccc21. The van der Waals surface area contributed by atoms with E-state index in [0.29, 0.717) is 12.4 Å². The number of β-amino-alcohol motifs (C(OH)–C–C–N with tert-alkyl or cyclic N) is 1. The normalized spacial score (nSPS) is 30.6. The molecule has 2 unspecified atom stereocenters. The van der Waals surface area contributed by atoms with E-state index < -0.39 is 47.4 Å². The lowest BCUT2D eigenvalue weighted by Gasteiger charge is -2.41. The predicted molar refractivity (Wildman–Crippen MR) is 145 cm³/mol. The fourth-order valence-electron chi connectivity index (χ4n) is 6.84. The number of hydrogen-bond acceptors (Lipinski definition) is 11. The Morgan fingerprint density at radius 1 is 1.29 bits per heavy atom. The van der Waals surface area contributed by atoms with Gasteiger partial charge in [-0.05, 0) is 17.9 Å². The first-order chi connectivity index (χ1) is 19.8. The summed E-state index contributed by atoms with van der Waals surface area (Å²) in [5.74, 6) is -3.18. The molecule has 5 heterocycles. The van der Waals surface area contributed by atoms with Crippen LogP contribution in [0.2, 0.25) is 0 Å². The zero-order valence-corrected chi connectivity index (χ0v) is 23.4. The van der Waals surface area contributed by atoms with Gasteiger partial charge < -0.3 is 30.3 Å². The van der Waals surface area contributed by atoms with Crippen molar-refractivity contribution >= 4 is 29.8 Å². The van der Waals surface area contributed by atoms with E-state index in [4.69, 9.17) is 16.2 Å². The van der Waals surface area contributed by atoms with Gasteiger partial charge in [-0.2, -0.15) is 0 Å². The summed E-state index contributed by atoms with van der Waals surface area (Å²) in [6, 6.07) is 1.72. The molecule has 16 nitrogen and oxygen atoms in total. The number of hydrogen-bond donors (Lipinski definition) is 9. The second-order valence-corrected chi connectivity index (χ2v) is 12.0. The number of guanidine groups is 2. The van der Waals surface area contributed by atoms with E-state index in [9.17, 15) is 29.7 Å². The monoisotopic (exact) mass is 587 g/mol. The van der Waals surface area contributed by atoms with Crippen molar-refractivity contribution in [3.8, 4) is 5.75 Å². The summed E-state index contributed by atoms with van der Waals surface area (Å²) in [5.41, 5.74) is 11.7. The summed E-state index contributed by atoms with van der Waals surface area (Å²) < 4.78 is 7.36. The lowest BCUT2D eigenvalue weighted by atomic mass is 9.79. The summed E-state index contributed by atoms with van der Waals surface area (Å²) in [5, 5.41) is 41.5. The number of nitrogens with zero attached hydrogens (tertiary/aromatic N) is 3. The summed E-state index contributed by atoms with van der Waals surface area (Å²) in [4.78, 5) is 44.4. The Morgan fingerprint density at radius 2 is 2.05 bits per heavy atom. The van der Waals surface area contributed by atoms with E-state index in [2.05, 4.69) is 34.8 Å². The largest absolute Gasteiger partial charge is 0.492 e. The lowest BCUT2D eigenvalue weighted by molar-refractivity contribution is -0.674. The lowest BCUT2D eigenvalue weighted by Crippen LogP contribution is -2.92. The van der Waals surface area contributed by atoms with Gasteiger partial charge in [0.05, 0.1) is 31.9 Å². The van der Waals surface area contributed by atoms with Gasteiger partial charge in [0.1, 0.15) is 24.4 Å².